The Morgan fingerprint density at radius 2 is 2.00 bits per heavy atom. The molecule has 2 aromatic carbocycles. The van der Waals surface area contributed by atoms with Crippen LogP contribution in [0.2, 0.25) is 0 Å². The maximum atomic E-state index is 13.9. The van der Waals surface area contributed by atoms with Gasteiger partial charge >= 0.3 is 0 Å². The highest BCUT2D eigenvalue weighted by atomic mass is 19.1. The summed E-state index contributed by atoms with van der Waals surface area (Å²) >= 11 is 0. The van der Waals surface area contributed by atoms with Crippen LogP contribution in [0.4, 0.5) is 10.1 Å². The second kappa shape index (κ2) is 4.06. The van der Waals surface area contributed by atoms with Crippen molar-refractivity contribution < 1.29 is 9.50 Å². The van der Waals surface area contributed by atoms with Gasteiger partial charge in [-0.2, -0.15) is 0 Å². The quantitative estimate of drug-likeness (QED) is 0.834. The molecule has 2 N–H and O–H groups in total. The summed E-state index contributed by atoms with van der Waals surface area (Å²) in [7, 11) is 0. The predicted molar refractivity (Wildman–Crippen MR) is 76.2 cm³/mol. The van der Waals surface area contributed by atoms with E-state index in [0.717, 1.165) is 17.7 Å². The minimum absolute atomic E-state index is 0.0806. The molecule has 3 heteroatoms. The standard InChI is InChI=1S/C17H16FNO/c18-14-6-3-5-13-12(14)8-9-17(13,20)16-10-11-4-1-2-7-15(11)19-16/h1-7,16,19-20H,8-10H2. The van der Waals surface area contributed by atoms with Crippen molar-refractivity contribution in [1.82, 2.24) is 0 Å². The first-order valence-electron chi connectivity index (χ1n) is 7.03. The van der Waals surface area contributed by atoms with Gasteiger partial charge in [-0.1, -0.05) is 30.3 Å². The molecule has 0 amide bonds. The topological polar surface area (TPSA) is 32.3 Å². The smallest absolute Gasteiger partial charge is 0.126 e. The molecular weight excluding hydrogens is 253 g/mol. The fourth-order valence-electron chi connectivity index (χ4n) is 3.62. The van der Waals surface area contributed by atoms with Gasteiger partial charge in [0.15, 0.2) is 0 Å². The molecule has 0 saturated carbocycles. The highest BCUT2D eigenvalue weighted by Gasteiger charge is 2.46. The van der Waals surface area contributed by atoms with Gasteiger partial charge in [0.25, 0.3) is 0 Å². The molecule has 0 aromatic heterocycles. The maximum absolute atomic E-state index is 13.9. The zero-order valence-electron chi connectivity index (χ0n) is 11.1. The van der Waals surface area contributed by atoms with Crippen LogP contribution >= 0.6 is 0 Å². The Kier molecular flexibility index (Phi) is 2.42. The van der Waals surface area contributed by atoms with E-state index in [1.54, 1.807) is 6.07 Å². The number of anilines is 1. The lowest BCUT2D eigenvalue weighted by molar-refractivity contribution is 0.0202. The number of hydrogen-bond donors (Lipinski definition) is 2. The molecule has 0 radical (unpaired) electrons. The van der Waals surface area contributed by atoms with Gasteiger partial charge in [0.05, 0.1) is 6.04 Å². The molecule has 2 aromatic rings. The fraction of sp³-hybridized carbons (Fsp3) is 0.294. The zero-order valence-corrected chi connectivity index (χ0v) is 11.1. The molecule has 1 aliphatic carbocycles. The highest BCUT2D eigenvalue weighted by molar-refractivity contribution is 5.58. The SMILES string of the molecule is OC1(C2Cc3ccccc3N2)CCc2c(F)cccc21. The van der Waals surface area contributed by atoms with Crippen LogP contribution in [0.25, 0.3) is 0 Å². The maximum Gasteiger partial charge on any atom is 0.126 e. The van der Waals surface area contributed by atoms with Crippen molar-refractivity contribution in [2.24, 2.45) is 0 Å². The van der Waals surface area contributed by atoms with Crippen molar-refractivity contribution in [1.29, 1.82) is 0 Å². The van der Waals surface area contributed by atoms with E-state index in [1.807, 2.05) is 24.3 Å². The van der Waals surface area contributed by atoms with Crippen LogP contribution in [-0.2, 0) is 18.4 Å². The molecule has 2 nitrogen and oxygen atoms in total. The van der Waals surface area contributed by atoms with Crippen LogP contribution in [0, 0.1) is 5.82 Å². The number of benzene rings is 2. The first-order valence-corrected chi connectivity index (χ1v) is 7.03. The molecule has 0 bridgehead atoms. The van der Waals surface area contributed by atoms with E-state index in [-0.39, 0.29) is 11.9 Å². The van der Waals surface area contributed by atoms with E-state index in [9.17, 15) is 9.50 Å². The second-order valence-electron chi connectivity index (χ2n) is 5.75. The molecule has 2 unspecified atom stereocenters. The first kappa shape index (κ1) is 11.9. The van der Waals surface area contributed by atoms with Gasteiger partial charge < -0.3 is 10.4 Å². The van der Waals surface area contributed by atoms with Gasteiger partial charge in [0.2, 0.25) is 0 Å². The number of fused-ring (bicyclic) bond motifs is 2. The van der Waals surface area contributed by atoms with E-state index >= 15 is 0 Å². The molecule has 4 rings (SSSR count). The van der Waals surface area contributed by atoms with Crippen molar-refractivity contribution in [3.8, 4) is 0 Å². The number of hydrogen-bond acceptors (Lipinski definition) is 2. The molecular formula is C17H16FNO. The predicted octanol–water partition coefficient (Wildman–Crippen LogP) is 3.00. The molecule has 1 aliphatic heterocycles. The van der Waals surface area contributed by atoms with Gasteiger partial charge in [-0.05, 0) is 48.1 Å². The van der Waals surface area contributed by atoms with Crippen LogP contribution < -0.4 is 5.32 Å². The fourth-order valence-corrected chi connectivity index (χ4v) is 3.62. The minimum atomic E-state index is -0.976. The third-order valence-electron chi connectivity index (χ3n) is 4.69. The average molecular weight is 269 g/mol. The van der Waals surface area contributed by atoms with E-state index in [4.69, 9.17) is 0 Å². The lowest BCUT2D eigenvalue weighted by Crippen LogP contribution is -2.41. The van der Waals surface area contributed by atoms with E-state index in [0.29, 0.717) is 18.4 Å². The summed E-state index contributed by atoms with van der Waals surface area (Å²) in [5, 5.41) is 14.5. The number of aliphatic hydroxyl groups is 1. The van der Waals surface area contributed by atoms with Crippen LogP contribution in [0.5, 0.6) is 0 Å². The van der Waals surface area contributed by atoms with E-state index in [1.165, 1.54) is 11.6 Å². The van der Waals surface area contributed by atoms with Gasteiger partial charge in [0, 0.05) is 5.69 Å². The number of nitrogens with one attached hydrogen (secondary N) is 1. The Bertz CT molecular complexity index is 659. The summed E-state index contributed by atoms with van der Waals surface area (Å²) in [6, 6.07) is 13.0. The summed E-state index contributed by atoms with van der Waals surface area (Å²) in [6.07, 6.45) is 1.96. The summed E-state index contributed by atoms with van der Waals surface area (Å²) in [6.45, 7) is 0. The Morgan fingerprint density at radius 1 is 1.15 bits per heavy atom. The Labute approximate surface area is 117 Å². The Balaban J connectivity index is 1.74. The van der Waals surface area contributed by atoms with E-state index in [2.05, 4.69) is 11.4 Å². The lowest BCUT2D eigenvalue weighted by atomic mass is 9.86. The molecule has 20 heavy (non-hydrogen) atoms. The third-order valence-corrected chi connectivity index (χ3v) is 4.69. The van der Waals surface area contributed by atoms with Crippen LogP contribution in [0.15, 0.2) is 42.5 Å². The van der Waals surface area contributed by atoms with Crippen molar-refractivity contribution in [2.75, 3.05) is 5.32 Å². The Morgan fingerprint density at radius 3 is 2.85 bits per heavy atom. The first-order chi connectivity index (χ1) is 9.68. The second-order valence-corrected chi connectivity index (χ2v) is 5.75. The molecule has 0 saturated heterocycles. The van der Waals surface area contributed by atoms with Crippen LogP contribution in [0.1, 0.15) is 23.1 Å². The largest absolute Gasteiger partial charge is 0.383 e. The Hall–Kier alpha value is -1.87. The molecule has 0 spiro atoms. The normalized spacial score (nSPS) is 27.0. The van der Waals surface area contributed by atoms with Crippen molar-refractivity contribution in [3.63, 3.8) is 0 Å². The highest BCUT2D eigenvalue weighted by Crippen LogP contribution is 2.44. The minimum Gasteiger partial charge on any atom is -0.383 e. The van der Waals surface area contributed by atoms with Crippen molar-refractivity contribution >= 4 is 5.69 Å². The van der Waals surface area contributed by atoms with Crippen molar-refractivity contribution in [2.45, 2.75) is 30.9 Å². The van der Waals surface area contributed by atoms with Gasteiger partial charge in [-0.3, -0.25) is 0 Å². The lowest BCUT2D eigenvalue weighted by Gasteiger charge is -2.31. The summed E-state index contributed by atoms with van der Waals surface area (Å²) in [5.74, 6) is -0.200. The molecule has 2 atom stereocenters. The van der Waals surface area contributed by atoms with Crippen LogP contribution in [0.3, 0.4) is 0 Å². The van der Waals surface area contributed by atoms with Crippen LogP contribution in [-0.4, -0.2) is 11.1 Å². The van der Waals surface area contributed by atoms with Gasteiger partial charge in [-0.15, -0.1) is 0 Å². The average Bonchev–Trinajstić information content (AvgIpc) is 3.03. The number of para-hydroxylation sites is 1. The van der Waals surface area contributed by atoms with Crippen molar-refractivity contribution in [3.05, 3.63) is 65.0 Å². The summed E-state index contributed by atoms with van der Waals surface area (Å²) < 4.78 is 13.9. The molecule has 102 valence electrons. The zero-order chi connectivity index (χ0) is 13.7. The molecule has 1 heterocycles. The van der Waals surface area contributed by atoms with E-state index < -0.39 is 5.60 Å². The summed E-state index contributed by atoms with van der Waals surface area (Å²) in [5.41, 5.74) is 2.75. The molecule has 2 aliphatic rings. The van der Waals surface area contributed by atoms with Gasteiger partial charge in [-0.25, -0.2) is 4.39 Å². The monoisotopic (exact) mass is 269 g/mol. The number of halogens is 1. The number of rotatable bonds is 1. The summed E-state index contributed by atoms with van der Waals surface area (Å²) in [4.78, 5) is 0. The molecule has 0 fully saturated rings. The third kappa shape index (κ3) is 1.53. The van der Waals surface area contributed by atoms with Gasteiger partial charge in [0.1, 0.15) is 11.4 Å².